The van der Waals surface area contributed by atoms with Crippen molar-refractivity contribution < 1.29 is 4.79 Å². The van der Waals surface area contributed by atoms with E-state index in [0.29, 0.717) is 22.5 Å². The second-order valence-electron chi connectivity index (χ2n) is 11.0. The number of hydrogen-bond acceptors (Lipinski definition) is 3. The molecule has 0 radical (unpaired) electrons. The molecule has 2 aliphatic carbocycles. The van der Waals surface area contributed by atoms with E-state index in [2.05, 4.69) is 37.6 Å². The van der Waals surface area contributed by atoms with Crippen molar-refractivity contribution in [3.05, 3.63) is 0 Å². The predicted octanol–water partition coefficient (Wildman–Crippen LogP) is 4.75. The Bertz CT molecular complexity index is 471. The fraction of sp³-hybridized carbons (Fsp3) is 0.957. The fourth-order valence-electron chi connectivity index (χ4n) is 5.63. The number of rotatable bonds is 5. The maximum atomic E-state index is 11.6. The number of likely N-dealkylation sites (tertiary alicyclic amines) is 1. The zero-order chi connectivity index (χ0) is 18.9. The van der Waals surface area contributed by atoms with Crippen LogP contribution in [0.25, 0.3) is 0 Å². The topological polar surface area (TPSA) is 23.6 Å². The molecular weight excluding hydrogens is 320 g/mol. The molecule has 0 aromatic carbocycles. The molecule has 3 rings (SSSR count). The second-order valence-corrected chi connectivity index (χ2v) is 11.0. The van der Waals surface area contributed by atoms with Crippen LogP contribution in [0.5, 0.6) is 0 Å². The minimum absolute atomic E-state index is 0.374. The fourth-order valence-corrected chi connectivity index (χ4v) is 5.63. The molecule has 2 saturated carbocycles. The Morgan fingerprint density at radius 2 is 1.65 bits per heavy atom. The van der Waals surface area contributed by atoms with E-state index >= 15 is 0 Å². The zero-order valence-electron chi connectivity index (χ0n) is 18.0. The Balaban J connectivity index is 1.37. The van der Waals surface area contributed by atoms with Gasteiger partial charge in [0.2, 0.25) is 0 Å². The predicted molar refractivity (Wildman–Crippen MR) is 109 cm³/mol. The SMILES string of the molecule is CC(=O)C1CCC2(CC1)CC(N1CCC(N(C)CCC(C)(C)C)CC1)C2. The van der Waals surface area contributed by atoms with E-state index in [1.165, 1.54) is 64.6 Å². The first-order chi connectivity index (χ1) is 12.2. The summed E-state index contributed by atoms with van der Waals surface area (Å²) in [4.78, 5) is 17.0. The molecule has 0 amide bonds. The summed E-state index contributed by atoms with van der Waals surface area (Å²) in [6.07, 6.45) is 11.7. The molecule has 1 spiro atoms. The Morgan fingerprint density at radius 1 is 1.08 bits per heavy atom. The van der Waals surface area contributed by atoms with Crippen LogP contribution in [0.15, 0.2) is 0 Å². The number of Topliss-reactive ketones (excluding diaryl/α,β-unsaturated/α-hetero) is 1. The largest absolute Gasteiger partial charge is 0.303 e. The van der Waals surface area contributed by atoms with E-state index in [0.717, 1.165) is 24.9 Å². The smallest absolute Gasteiger partial charge is 0.132 e. The molecule has 0 aromatic heterocycles. The number of ketones is 1. The first kappa shape index (κ1) is 20.3. The highest BCUT2D eigenvalue weighted by Gasteiger charge is 2.48. The van der Waals surface area contributed by atoms with Crippen molar-refractivity contribution >= 4 is 5.78 Å². The summed E-state index contributed by atoms with van der Waals surface area (Å²) >= 11 is 0. The highest BCUT2D eigenvalue weighted by Crippen LogP contribution is 2.54. The first-order valence-corrected chi connectivity index (χ1v) is 11.1. The number of nitrogens with zero attached hydrogens (tertiary/aromatic N) is 2. The van der Waals surface area contributed by atoms with Gasteiger partial charge in [0, 0.05) is 18.0 Å². The lowest BCUT2D eigenvalue weighted by Gasteiger charge is -2.56. The lowest BCUT2D eigenvalue weighted by Crippen LogP contribution is -2.55. The monoisotopic (exact) mass is 362 g/mol. The third-order valence-electron chi connectivity index (χ3n) is 7.81. The van der Waals surface area contributed by atoms with Crippen molar-refractivity contribution in [2.24, 2.45) is 16.7 Å². The number of carbonyl (C=O) groups excluding carboxylic acids is 1. The van der Waals surface area contributed by atoms with Crippen LogP contribution in [0.4, 0.5) is 0 Å². The summed E-state index contributed by atoms with van der Waals surface area (Å²) in [5.41, 5.74) is 1.05. The van der Waals surface area contributed by atoms with Gasteiger partial charge in [0.1, 0.15) is 5.78 Å². The maximum Gasteiger partial charge on any atom is 0.132 e. The number of hydrogen-bond donors (Lipinski definition) is 0. The number of carbonyl (C=O) groups is 1. The van der Waals surface area contributed by atoms with Gasteiger partial charge in [-0.1, -0.05) is 20.8 Å². The molecule has 3 aliphatic rings. The van der Waals surface area contributed by atoms with E-state index in [-0.39, 0.29) is 0 Å². The summed E-state index contributed by atoms with van der Waals surface area (Å²) in [6.45, 7) is 12.6. The minimum Gasteiger partial charge on any atom is -0.303 e. The highest BCUT2D eigenvalue weighted by atomic mass is 16.1. The van der Waals surface area contributed by atoms with Crippen LogP contribution in [-0.2, 0) is 4.79 Å². The molecule has 1 aliphatic heterocycles. The van der Waals surface area contributed by atoms with Crippen LogP contribution >= 0.6 is 0 Å². The Kier molecular flexibility index (Phi) is 6.19. The molecule has 0 N–H and O–H groups in total. The van der Waals surface area contributed by atoms with E-state index < -0.39 is 0 Å². The third-order valence-corrected chi connectivity index (χ3v) is 7.81. The maximum absolute atomic E-state index is 11.6. The van der Waals surface area contributed by atoms with Crippen molar-refractivity contribution in [1.29, 1.82) is 0 Å². The van der Waals surface area contributed by atoms with E-state index in [1.54, 1.807) is 6.92 Å². The molecule has 0 bridgehead atoms. The van der Waals surface area contributed by atoms with Crippen LogP contribution in [-0.4, -0.2) is 54.3 Å². The van der Waals surface area contributed by atoms with Gasteiger partial charge in [0.15, 0.2) is 0 Å². The van der Waals surface area contributed by atoms with Gasteiger partial charge < -0.3 is 9.80 Å². The molecule has 3 heteroatoms. The van der Waals surface area contributed by atoms with Crippen molar-refractivity contribution in [1.82, 2.24) is 9.80 Å². The summed E-state index contributed by atoms with van der Waals surface area (Å²) in [7, 11) is 2.33. The van der Waals surface area contributed by atoms with Gasteiger partial charge >= 0.3 is 0 Å². The Labute approximate surface area is 161 Å². The molecule has 3 fully saturated rings. The van der Waals surface area contributed by atoms with Crippen molar-refractivity contribution in [2.75, 3.05) is 26.7 Å². The zero-order valence-corrected chi connectivity index (χ0v) is 18.0. The first-order valence-electron chi connectivity index (χ1n) is 11.1. The molecule has 0 aromatic rings. The van der Waals surface area contributed by atoms with Crippen LogP contribution < -0.4 is 0 Å². The van der Waals surface area contributed by atoms with Crippen LogP contribution in [0.2, 0.25) is 0 Å². The van der Waals surface area contributed by atoms with Gasteiger partial charge in [-0.2, -0.15) is 0 Å². The summed E-state index contributed by atoms with van der Waals surface area (Å²) in [5.74, 6) is 0.799. The van der Waals surface area contributed by atoms with Crippen molar-refractivity contribution in [2.45, 2.75) is 97.6 Å². The molecule has 0 atom stereocenters. The number of piperidine rings is 1. The summed E-state index contributed by atoms with van der Waals surface area (Å²) in [6, 6.07) is 1.62. The molecule has 1 saturated heterocycles. The summed E-state index contributed by atoms with van der Waals surface area (Å²) in [5, 5.41) is 0. The van der Waals surface area contributed by atoms with Crippen LogP contribution in [0, 0.1) is 16.7 Å². The van der Waals surface area contributed by atoms with Gasteiger partial charge in [-0.25, -0.2) is 0 Å². The van der Waals surface area contributed by atoms with E-state index in [4.69, 9.17) is 0 Å². The minimum atomic E-state index is 0.374. The van der Waals surface area contributed by atoms with Crippen molar-refractivity contribution in [3.63, 3.8) is 0 Å². The van der Waals surface area contributed by atoms with Crippen LogP contribution in [0.1, 0.15) is 85.5 Å². The average molecular weight is 363 g/mol. The van der Waals surface area contributed by atoms with Gasteiger partial charge in [0.05, 0.1) is 0 Å². The normalized spacial score (nSPS) is 34.2. The van der Waals surface area contributed by atoms with E-state index in [1.807, 2.05) is 0 Å². The van der Waals surface area contributed by atoms with E-state index in [9.17, 15) is 4.79 Å². The molecule has 26 heavy (non-hydrogen) atoms. The Hall–Kier alpha value is -0.410. The molecule has 1 heterocycles. The molecular formula is C23H42N2O. The lowest BCUT2D eigenvalue weighted by atomic mass is 9.56. The summed E-state index contributed by atoms with van der Waals surface area (Å²) < 4.78 is 0. The van der Waals surface area contributed by atoms with Crippen molar-refractivity contribution in [3.8, 4) is 0 Å². The highest BCUT2D eigenvalue weighted by molar-refractivity contribution is 5.78. The van der Waals surface area contributed by atoms with Gasteiger partial charge in [-0.3, -0.25) is 4.79 Å². The molecule has 0 unspecified atom stereocenters. The standard InChI is InChI=1S/C23H42N2O/c1-18(26)19-6-10-23(11-7-19)16-21(17-23)25-13-8-20(9-14-25)24(5)15-12-22(2,3)4/h19-21H,6-17H2,1-5H3. The lowest BCUT2D eigenvalue weighted by molar-refractivity contribution is -0.124. The molecule has 3 nitrogen and oxygen atoms in total. The Morgan fingerprint density at radius 3 is 2.15 bits per heavy atom. The van der Waals surface area contributed by atoms with Gasteiger partial charge in [0.25, 0.3) is 0 Å². The average Bonchev–Trinajstić information content (AvgIpc) is 2.57. The second kappa shape index (κ2) is 7.91. The molecule has 150 valence electrons. The quantitative estimate of drug-likeness (QED) is 0.705. The third kappa shape index (κ3) is 4.90. The van der Waals surface area contributed by atoms with Gasteiger partial charge in [-0.05, 0) is 102 Å². The van der Waals surface area contributed by atoms with Gasteiger partial charge in [-0.15, -0.1) is 0 Å². The van der Waals surface area contributed by atoms with Crippen LogP contribution in [0.3, 0.4) is 0 Å².